The molecule has 0 bridgehead atoms. The van der Waals surface area contributed by atoms with Crippen molar-refractivity contribution in [1.29, 1.82) is 0 Å². The minimum Gasteiger partial charge on any atom is -0.467 e. The first-order chi connectivity index (χ1) is 6.66. The normalized spacial score (nSPS) is 20.9. The summed E-state index contributed by atoms with van der Waals surface area (Å²) in [6.45, 7) is 1.87. The highest BCUT2D eigenvalue weighted by Gasteiger charge is 2.26. The Morgan fingerprint density at radius 1 is 1.57 bits per heavy atom. The lowest BCUT2D eigenvalue weighted by Gasteiger charge is -2.22. The average molecular weight is 198 g/mol. The SMILES string of the molecule is COC(=O)[C@H](O)[C@@H](C)C1=CCCCC1. The van der Waals surface area contributed by atoms with Gasteiger partial charge in [-0.05, 0) is 25.7 Å². The number of carbonyl (C=O) groups is 1. The van der Waals surface area contributed by atoms with Gasteiger partial charge in [-0.2, -0.15) is 0 Å². The summed E-state index contributed by atoms with van der Waals surface area (Å²) in [5, 5.41) is 9.62. The molecule has 0 fully saturated rings. The summed E-state index contributed by atoms with van der Waals surface area (Å²) in [7, 11) is 1.30. The summed E-state index contributed by atoms with van der Waals surface area (Å²) >= 11 is 0. The lowest BCUT2D eigenvalue weighted by atomic mass is 9.87. The molecule has 1 aliphatic rings. The predicted molar refractivity (Wildman–Crippen MR) is 53.7 cm³/mol. The third-order valence-corrected chi connectivity index (χ3v) is 2.83. The van der Waals surface area contributed by atoms with Crippen molar-refractivity contribution in [2.24, 2.45) is 5.92 Å². The van der Waals surface area contributed by atoms with Crippen LogP contribution in [0.3, 0.4) is 0 Å². The number of methoxy groups -OCH3 is 1. The van der Waals surface area contributed by atoms with Crippen molar-refractivity contribution in [3.8, 4) is 0 Å². The number of carbonyl (C=O) groups excluding carboxylic acids is 1. The maximum absolute atomic E-state index is 11.1. The Labute approximate surface area is 84.8 Å². The van der Waals surface area contributed by atoms with E-state index in [0.717, 1.165) is 19.3 Å². The average Bonchev–Trinajstić information content (AvgIpc) is 2.27. The molecule has 0 saturated carbocycles. The van der Waals surface area contributed by atoms with Crippen LogP contribution in [0.25, 0.3) is 0 Å². The molecule has 0 saturated heterocycles. The number of hydrogen-bond acceptors (Lipinski definition) is 3. The van der Waals surface area contributed by atoms with Crippen LogP contribution in [-0.4, -0.2) is 24.3 Å². The van der Waals surface area contributed by atoms with Gasteiger partial charge in [0.2, 0.25) is 0 Å². The first-order valence-corrected chi connectivity index (χ1v) is 5.11. The summed E-state index contributed by atoms with van der Waals surface area (Å²) in [5.74, 6) is -0.647. The largest absolute Gasteiger partial charge is 0.467 e. The molecule has 0 aromatic heterocycles. The fourth-order valence-corrected chi connectivity index (χ4v) is 1.80. The highest BCUT2D eigenvalue weighted by Crippen LogP contribution is 2.26. The van der Waals surface area contributed by atoms with Crippen LogP contribution in [0.2, 0.25) is 0 Å². The Morgan fingerprint density at radius 2 is 2.29 bits per heavy atom. The van der Waals surface area contributed by atoms with E-state index in [1.54, 1.807) is 0 Å². The van der Waals surface area contributed by atoms with Crippen molar-refractivity contribution in [3.63, 3.8) is 0 Å². The van der Waals surface area contributed by atoms with Crippen molar-refractivity contribution in [1.82, 2.24) is 0 Å². The molecule has 1 rings (SSSR count). The van der Waals surface area contributed by atoms with Gasteiger partial charge in [-0.25, -0.2) is 4.79 Å². The second-order valence-electron chi connectivity index (χ2n) is 3.78. The second-order valence-corrected chi connectivity index (χ2v) is 3.78. The quantitative estimate of drug-likeness (QED) is 0.554. The third kappa shape index (κ3) is 2.58. The summed E-state index contributed by atoms with van der Waals surface area (Å²) in [6.07, 6.45) is 5.56. The molecule has 0 aliphatic heterocycles. The second kappa shape index (κ2) is 5.15. The standard InChI is InChI=1S/C11H18O3/c1-8(10(12)11(13)14-2)9-6-4-3-5-7-9/h6,8,10,12H,3-5,7H2,1-2H3/t8-,10+/m0/s1. The van der Waals surface area contributed by atoms with Crippen molar-refractivity contribution < 1.29 is 14.6 Å². The Bertz CT molecular complexity index is 233. The smallest absolute Gasteiger partial charge is 0.335 e. The van der Waals surface area contributed by atoms with Gasteiger partial charge in [0.15, 0.2) is 6.10 Å². The number of ether oxygens (including phenoxy) is 1. The maximum Gasteiger partial charge on any atom is 0.335 e. The molecular weight excluding hydrogens is 180 g/mol. The zero-order valence-corrected chi connectivity index (χ0v) is 8.82. The summed E-state index contributed by atoms with van der Waals surface area (Å²) < 4.78 is 4.51. The van der Waals surface area contributed by atoms with Crippen molar-refractivity contribution >= 4 is 5.97 Å². The predicted octanol–water partition coefficient (Wildman–Crippen LogP) is 1.66. The zero-order valence-electron chi connectivity index (χ0n) is 8.82. The molecule has 2 atom stereocenters. The topological polar surface area (TPSA) is 46.5 Å². The molecule has 1 aliphatic carbocycles. The molecule has 0 aromatic carbocycles. The van der Waals surface area contributed by atoms with E-state index in [4.69, 9.17) is 0 Å². The van der Waals surface area contributed by atoms with E-state index < -0.39 is 12.1 Å². The number of hydrogen-bond donors (Lipinski definition) is 1. The molecule has 0 heterocycles. The van der Waals surface area contributed by atoms with Crippen LogP contribution >= 0.6 is 0 Å². The van der Waals surface area contributed by atoms with E-state index in [1.807, 2.05) is 6.92 Å². The van der Waals surface area contributed by atoms with E-state index in [1.165, 1.54) is 19.1 Å². The zero-order chi connectivity index (χ0) is 10.6. The molecule has 3 nitrogen and oxygen atoms in total. The summed E-state index contributed by atoms with van der Waals surface area (Å²) in [6, 6.07) is 0. The highest BCUT2D eigenvalue weighted by atomic mass is 16.5. The molecule has 0 spiro atoms. The number of esters is 1. The van der Waals surface area contributed by atoms with Gasteiger partial charge in [0.1, 0.15) is 0 Å². The number of rotatable bonds is 3. The van der Waals surface area contributed by atoms with Crippen LogP contribution in [0, 0.1) is 5.92 Å². The number of allylic oxidation sites excluding steroid dienone is 1. The van der Waals surface area contributed by atoms with E-state index in [0.29, 0.717) is 0 Å². The van der Waals surface area contributed by atoms with Crippen molar-refractivity contribution in [2.45, 2.75) is 38.7 Å². The van der Waals surface area contributed by atoms with E-state index in [-0.39, 0.29) is 5.92 Å². The Morgan fingerprint density at radius 3 is 2.79 bits per heavy atom. The molecule has 1 N–H and O–H groups in total. The Balaban J connectivity index is 2.58. The van der Waals surface area contributed by atoms with Gasteiger partial charge in [0.25, 0.3) is 0 Å². The van der Waals surface area contributed by atoms with Crippen LogP contribution in [0.1, 0.15) is 32.6 Å². The Hall–Kier alpha value is -0.830. The first kappa shape index (κ1) is 11.2. The molecule has 0 radical (unpaired) electrons. The minimum atomic E-state index is -1.01. The van der Waals surface area contributed by atoms with Crippen molar-refractivity contribution in [2.75, 3.05) is 7.11 Å². The molecular formula is C11H18O3. The third-order valence-electron chi connectivity index (χ3n) is 2.83. The molecule has 3 heteroatoms. The van der Waals surface area contributed by atoms with E-state index in [2.05, 4.69) is 10.8 Å². The Kier molecular flexibility index (Phi) is 4.14. The van der Waals surface area contributed by atoms with Gasteiger partial charge in [0, 0.05) is 5.92 Å². The van der Waals surface area contributed by atoms with Gasteiger partial charge in [-0.15, -0.1) is 0 Å². The fraction of sp³-hybridized carbons (Fsp3) is 0.727. The molecule has 0 aromatic rings. The van der Waals surface area contributed by atoms with Crippen LogP contribution in [0.5, 0.6) is 0 Å². The monoisotopic (exact) mass is 198 g/mol. The lowest BCUT2D eigenvalue weighted by Crippen LogP contribution is -2.30. The molecule has 0 amide bonds. The number of aliphatic hydroxyl groups excluding tert-OH is 1. The van der Waals surface area contributed by atoms with Crippen LogP contribution in [0.15, 0.2) is 11.6 Å². The van der Waals surface area contributed by atoms with Gasteiger partial charge in [0.05, 0.1) is 7.11 Å². The van der Waals surface area contributed by atoms with Crippen LogP contribution < -0.4 is 0 Å². The summed E-state index contributed by atoms with van der Waals surface area (Å²) in [5.41, 5.74) is 1.19. The van der Waals surface area contributed by atoms with E-state index in [9.17, 15) is 9.90 Å². The van der Waals surface area contributed by atoms with Crippen molar-refractivity contribution in [3.05, 3.63) is 11.6 Å². The van der Waals surface area contributed by atoms with Crippen LogP contribution in [0.4, 0.5) is 0 Å². The number of aliphatic hydroxyl groups is 1. The van der Waals surface area contributed by atoms with Gasteiger partial charge >= 0.3 is 5.97 Å². The van der Waals surface area contributed by atoms with Gasteiger partial charge in [-0.1, -0.05) is 18.6 Å². The van der Waals surface area contributed by atoms with Gasteiger partial charge < -0.3 is 9.84 Å². The first-order valence-electron chi connectivity index (χ1n) is 5.11. The maximum atomic E-state index is 11.1. The van der Waals surface area contributed by atoms with Gasteiger partial charge in [-0.3, -0.25) is 0 Å². The molecule has 80 valence electrons. The minimum absolute atomic E-state index is 0.109. The molecule has 0 unspecified atom stereocenters. The van der Waals surface area contributed by atoms with Crippen LogP contribution in [-0.2, 0) is 9.53 Å². The lowest BCUT2D eigenvalue weighted by molar-refractivity contribution is -0.152. The molecule has 14 heavy (non-hydrogen) atoms. The fourth-order valence-electron chi connectivity index (χ4n) is 1.80. The highest BCUT2D eigenvalue weighted by molar-refractivity contribution is 5.75. The van der Waals surface area contributed by atoms with E-state index >= 15 is 0 Å². The summed E-state index contributed by atoms with van der Waals surface area (Å²) in [4.78, 5) is 11.1.